The van der Waals surface area contributed by atoms with E-state index in [2.05, 4.69) is 22.4 Å². The van der Waals surface area contributed by atoms with E-state index in [1.165, 1.54) is 16.6 Å². The van der Waals surface area contributed by atoms with Crippen molar-refractivity contribution in [3.05, 3.63) is 35.5 Å². The molecular weight excluding hydrogens is 294 g/mol. The second-order valence-corrected chi connectivity index (χ2v) is 6.05. The molecular formula is C17H21N3O3. The van der Waals surface area contributed by atoms with Gasteiger partial charge in [-0.05, 0) is 6.07 Å². The van der Waals surface area contributed by atoms with Gasteiger partial charge in [-0.2, -0.15) is 0 Å². The number of hydrogen-bond acceptors (Lipinski definition) is 3. The molecule has 0 bridgehead atoms. The number of rotatable bonds is 2. The number of carbonyl (C=O) groups is 1. The average molecular weight is 315 g/mol. The van der Waals surface area contributed by atoms with Crippen LogP contribution in [0.15, 0.2) is 24.3 Å². The van der Waals surface area contributed by atoms with Crippen LogP contribution in [0.25, 0.3) is 10.9 Å². The lowest BCUT2D eigenvalue weighted by molar-refractivity contribution is -0.0856. The summed E-state index contributed by atoms with van der Waals surface area (Å²) in [6.07, 6.45) is 0.821. The predicted molar refractivity (Wildman–Crippen MR) is 86.4 cm³/mol. The third-order valence-electron chi connectivity index (χ3n) is 4.54. The molecule has 6 nitrogen and oxygen atoms in total. The second kappa shape index (κ2) is 6.22. The van der Waals surface area contributed by atoms with E-state index < -0.39 is 0 Å². The lowest BCUT2D eigenvalue weighted by Gasteiger charge is -2.29. The Morgan fingerprint density at radius 1 is 1.35 bits per heavy atom. The monoisotopic (exact) mass is 315 g/mol. The van der Waals surface area contributed by atoms with Crippen molar-refractivity contribution in [2.45, 2.75) is 19.1 Å². The Labute approximate surface area is 134 Å². The van der Waals surface area contributed by atoms with E-state index in [9.17, 15) is 4.79 Å². The molecule has 23 heavy (non-hydrogen) atoms. The zero-order valence-electron chi connectivity index (χ0n) is 13.0. The lowest BCUT2D eigenvalue weighted by Crippen LogP contribution is -2.47. The fourth-order valence-electron chi connectivity index (χ4n) is 3.31. The third kappa shape index (κ3) is 2.92. The van der Waals surface area contributed by atoms with Crippen molar-refractivity contribution in [3.8, 4) is 0 Å². The van der Waals surface area contributed by atoms with Crippen molar-refractivity contribution in [2.75, 3.05) is 32.9 Å². The van der Waals surface area contributed by atoms with Crippen LogP contribution in [0, 0.1) is 0 Å². The number of hydrogen-bond donors (Lipinski definition) is 2. The van der Waals surface area contributed by atoms with E-state index in [1.807, 2.05) is 17.0 Å². The highest BCUT2D eigenvalue weighted by molar-refractivity contribution is 5.85. The second-order valence-electron chi connectivity index (χ2n) is 6.05. The number of fused-ring (bicyclic) bond motifs is 3. The van der Waals surface area contributed by atoms with Crippen LogP contribution < -0.4 is 5.32 Å². The SMILES string of the molecule is O=C(NCC1COCCO1)N1CCc2[nH]c3ccccc3c2C1. The molecule has 4 rings (SSSR count). The van der Waals surface area contributed by atoms with Gasteiger partial charge in [0.25, 0.3) is 0 Å². The number of aromatic amines is 1. The van der Waals surface area contributed by atoms with Gasteiger partial charge in [0.05, 0.1) is 25.9 Å². The molecule has 2 N–H and O–H groups in total. The fourth-order valence-corrected chi connectivity index (χ4v) is 3.31. The summed E-state index contributed by atoms with van der Waals surface area (Å²) in [4.78, 5) is 17.7. The smallest absolute Gasteiger partial charge is 0.317 e. The van der Waals surface area contributed by atoms with Gasteiger partial charge >= 0.3 is 6.03 Å². The van der Waals surface area contributed by atoms with Crippen molar-refractivity contribution < 1.29 is 14.3 Å². The average Bonchev–Trinajstić information content (AvgIpc) is 2.98. The van der Waals surface area contributed by atoms with Gasteiger partial charge in [-0.15, -0.1) is 0 Å². The standard InChI is InChI=1S/C17H21N3O3/c21-17(18-9-12-11-22-7-8-23-12)20-6-5-16-14(10-20)13-3-1-2-4-15(13)19-16/h1-4,12,19H,5-11H2,(H,18,21). The molecule has 1 fully saturated rings. The fraction of sp³-hybridized carbons (Fsp3) is 0.471. The molecule has 2 aliphatic heterocycles. The summed E-state index contributed by atoms with van der Waals surface area (Å²) in [6.45, 7) is 3.66. The highest BCUT2D eigenvalue weighted by Crippen LogP contribution is 2.27. The maximum atomic E-state index is 12.4. The van der Waals surface area contributed by atoms with E-state index in [-0.39, 0.29) is 12.1 Å². The Morgan fingerprint density at radius 2 is 2.26 bits per heavy atom. The van der Waals surface area contributed by atoms with Gasteiger partial charge in [0.15, 0.2) is 0 Å². The molecule has 1 aromatic heterocycles. The summed E-state index contributed by atoms with van der Waals surface area (Å²) in [6, 6.07) is 8.23. The van der Waals surface area contributed by atoms with Crippen LogP contribution in [0.1, 0.15) is 11.3 Å². The minimum Gasteiger partial charge on any atom is -0.376 e. The zero-order valence-corrected chi connectivity index (χ0v) is 13.0. The molecule has 2 aromatic rings. The van der Waals surface area contributed by atoms with E-state index in [4.69, 9.17) is 9.47 Å². The maximum Gasteiger partial charge on any atom is 0.317 e. The largest absolute Gasteiger partial charge is 0.376 e. The molecule has 0 saturated carbocycles. The molecule has 1 atom stereocenters. The summed E-state index contributed by atoms with van der Waals surface area (Å²) in [5.41, 5.74) is 3.63. The summed E-state index contributed by atoms with van der Waals surface area (Å²) in [5.74, 6) is 0. The minimum absolute atomic E-state index is 0.0323. The number of H-pyrrole nitrogens is 1. The van der Waals surface area contributed by atoms with Crippen molar-refractivity contribution >= 4 is 16.9 Å². The van der Waals surface area contributed by atoms with Crippen molar-refractivity contribution in [3.63, 3.8) is 0 Å². The topological polar surface area (TPSA) is 66.6 Å². The zero-order chi connectivity index (χ0) is 15.6. The third-order valence-corrected chi connectivity index (χ3v) is 4.54. The summed E-state index contributed by atoms with van der Waals surface area (Å²) in [5, 5.41) is 4.18. The summed E-state index contributed by atoms with van der Waals surface area (Å²) < 4.78 is 10.9. The number of carbonyl (C=O) groups excluding carboxylic acids is 1. The van der Waals surface area contributed by atoms with E-state index in [1.54, 1.807) is 0 Å². The molecule has 3 heterocycles. The molecule has 2 amide bonds. The van der Waals surface area contributed by atoms with Gasteiger partial charge in [-0.3, -0.25) is 0 Å². The van der Waals surface area contributed by atoms with Gasteiger partial charge in [-0.25, -0.2) is 4.79 Å². The lowest BCUT2D eigenvalue weighted by atomic mass is 10.0. The molecule has 0 aliphatic carbocycles. The predicted octanol–water partition coefficient (Wildman–Crippen LogP) is 1.65. The Morgan fingerprint density at radius 3 is 3.13 bits per heavy atom. The number of benzene rings is 1. The number of aromatic nitrogens is 1. The number of nitrogens with zero attached hydrogens (tertiary/aromatic N) is 1. The quantitative estimate of drug-likeness (QED) is 0.885. The molecule has 2 aliphatic rings. The number of urea groups is 1. The van der Waals surface area contributed by atoms with Crippen LogP contribution >= 0.6 is 0 Å². The highest BCUT2D eigenvalue weighted by atomic mass is 16.6. The summed E-state index contributed by atoms with van der Waals surface area (Å²) >= 11 is 0. The van der Waals surface area contributed by atoms with E-state index in [0.717, 1.165) is 18.5 Å². The number of amides is 2. The van der Waals surface area contributed by atoms with Crippen molar-refractivity contribution in [1.29, 1.82) is 0 Å². The Kier molecular flexibility index (Phi) is 3.93. The van der Waals surface area contributed by atoms with Gasteiger partial charge in [0.1, 0.15) is 0 Å². The first-order valence-corrected chi connectivity index (χ1v) is 8.12. The van der Waals surface area contributed by atoms with Crippen molar-refractivity contribution in [2.24, 2.45) is 0 Å². The Bertz CT molecular complexity index is 706. The molecule has 122 valence electrons. The van der Waals surface area contributed by atoms with Crippen LogP contribution in [0.2, 0.25) is 0 Å². The van der Waals surface area contributed by atoms with Crippen LogP contribution in [0.4, 0.5) is 4.79 Å². The molecule has 1 saturated heterocycles. The number of nitrogens with one attached hydrogen (secondary N) is 2. The molecule has 6 heteroatoms. The normalized spacial score (nSPS) is 21.2. The molecule has 0 radical (unpaired) electrons. The maximum absolute atomic E-state index is 12.4. The van der Waals surface area contributed by atoms with E-state index in [0.29, 0.717) is 32.9 Å². The van der Waals surface area contributed by atoms with Crippen LogP contribution in [0.5, 0.6) is 0 Å². The highest BCUT2D eigenvalue weighted by Gasteiger charge is 2.24. The first-order valence-electron chi connectivity index (χ1n) is 8.12. The van der Waals surface area contributed by atoms with Crippen LogP contribution in [0.3, 0.4) is 0 Å². The first-order chi connectivity index (χ1) is 11.3. The van der Waals surface area contributed by atoms with Crippen LogP contribution in [-0.2, 0) is 22.4 Å². The van der Waals surface area contributed by atoms with E-state index >= 15 is 0 Å². The van der Waals surface area contributed by atoms with Gasteiger partial charge in [0.2, 0.25) is 0 Å². The Balaban J connectivity index is 1.41. The minimum atomic E-state index is -0.0406. The van der Waals surface area contributed by atoms with Gasteiger partial charge in [0, 0.05) is 48.2 Å². The molecule has 1 unspecified atom stereocenters. The Hall–Kier alpha value is -2.05. The number of para-hydroxylation sites is 1. The van der Waals surface area contributed by atoms with Gasteiger partial charge in [-0.1, -0.05) is 18.2 Å². The molecule has 1 aromatic carbocycles. The van der Waals surface area contributed by atoms with Crippen LogP contribution in [-0.4, -0.2) is 54.9 Å². The van der Waals surface area contributed by atoms with Crippen molar-refractivity contribution in [1.82, 2.24) is 15.2 Å². The number of ether oxygens (including phenoxy) is 2. The molecule has 0 spiro atoms. The first kappa shape index (κ1) is 14.5. The van der Waals surface area contributed by atoms with Gasteiger partial charge < -0.3 is 24.7 Å². The summed E-state index contributed by atoms with van der Waals surface area (Å²) in [7, 11) is 0.